The number of aliphatic hydroxyl groups is 2. The van der Waals surface area contributed by atoms with Crippen LogP contribution in [0.5, 0.6) is 5.75 Å². The number of urea groups is 1. The molecule has 224 valence electrons. The number of hydrogen-bond acceptors (Lipinski definition) is 6. The van der Waals surface area contributed by atoms with Gasteiger partial charge in [-0.3, -0.25) is 4.79 Å². The monoisotopic (exact) mass is 594 g/mol. The fourth-order valence-electron chi connectivity index (χ4n) is 5.37. The van der Waals surface area contributed by atoms with Crippen LogP contribution in [0, 0.1) is 0 Å². The average molecular weight is 595 g/mol. The van der Waals surface area contributed by atoms with Crippen LogP contribution in [-0.4, -0.2) is 57.3 Å². The Bertz CT molecular complexity index is 1400. The van der Waals surface area contributed by atoms with Crippen molar-refractivity contribution in [2.45, 2.75) is 56.8 Å². The zero-order chi connectivity index (χ0) is 30.5. The minimum atomic E-state index is -0.960. The molecule has 0 aliphatic carbocycles. The number of rotatable bonds is 10. The lowest BCUT2D eigenvalue weighted by atomic mass is 9.84. The van der Waals surface area contributed by atoms with Crippen LogP contribution in [0.1, 0.15) is 55.0 Å². The van der Waals surface area contributed by atoms with Gasteiger partial charge in [0.2, 0.25) is 5.91 Å². The van der Waals surface area contributed by atoms with E-state index in [4.69, 9.17) is 17.3 Å². The first-order valence-electron chi connectivity index (χ1n) is 14.0. The summed E-state index contributed by atoms with van der Waals surface area (Å²) in [6.07, 6.45) is 0.994. The van der Waals surface area contributed by atoms with E-state index in [1.54, 1.807) is 18.2 Å². The average Bonchev–Trinajstić information content (AvgIpc) is 2.93. The lowest BCUT2D eigenvalue weighted by molar-refractivity contribution is -0.135. The SMILES string of the molecule is CC(C)(Cc1cccc(CC(=O)N2CCC(O)(c3ccc(Cl)cc3)CC2)c1)NCC(O)c1ccc(O)c(NC(N)=O)c1. The molecule has 10 heteroatoms. The summed E-state index contributed by atoms with van der Waals surface area (Å²) in [7, 11) is 0. The molecule has 4 rings (SSSR count). The minimum absolute atomic E-state index is 0.0323. The molecule has 0 spiro atoms. The Hall–Kier alpha value is -3.63. The maximum Gasteiger partial charge on any atom is 0.316 e. The number of amides is 3. The van der Waals surface area contributed by atoms with Crippen LogP contribution in [0.15, 0.2) is 66.7 Å². The highest BCUT2D eigenvalue weighted by molar-refractivity contribution is 6.30. The molecule has 0 bridgehead atoms. The summed E-state index contributed by atoms with van der Waals surface area (Å²) in [6, 6.07) is 18.8. The van der Waals surface area contributed by atoms with E-state index in [1.807, 2.05) is 55.1 Å². The third-order valence-corrected chi connectivity index (χ3v) is 8.01. The second kappa shape index (κ2) is 13.1. The van der Waals surface area contributed by atoms with E-state index in [2.05, 4.69) is 10.6 Å². The highest BCUT2D eigenvalue weighted by Crippen LogP contribution is 2.34. The number of phenols is 1. The molecule has 3 aromatic carbocycles. The number of likely N-dealkylation sites (tertiary alicyclic amines) is 1. The van der Waals surface area contributed by atoms with E-state index in [1.165, 1.54) is 12.1 Å². The number of nitrogens with zero attached hydrogens (tertiary/aromatic N) is 1. The molecule has 7 N–H and O–H groups in total. The van der Waals surface area contributed by atoms with E-state index in [-0.39, 0.29) is 35.8 Å². The smallest absolute Gasteiger partial charge is 0.316 e. The van der Waals surface area contributed by atoms with Crippen molar-refractivity contribution in [2.75, 3.05) is 25.0 Å². The second-order valence-corrected chi connectivity index (χ2v) is 12.1. The number of anilines is 1. The first kappa shape index (κ1) is 31.3. The molecule has 9 nitrogen and oxygen atoms in total. The van der Waals surface area contributed by atoms with E-state index >= 15 is 0 Å². The summed E-state index contributed by atoms with van der Waals surface area (Å²) in [4.78, 5) is 26.1. The molecular weight excluding hydrogens is 556 g/mol. The number of nitrogens with two attached hydrogens (primary N) is 1. The number of phenolic OH excluding ortho intramolecular Hbond substituents is 1. The predicted octanol–water partition coefficient (Wildman–Crippen LogP) is 4.23. The number of benzene rings is 3. The summed E-state index contributed by atoms with van der Waals surface area (Å²) in [5.74, 6) is -0.110. The van der Waals surface area contributed by atoms with Crippen LogP contribution in [0.3, 0.4) is 0 Å². The summed E-state index contributed by atoms with van der Waals surface area (Å²) < 4.78 is 0. The molecule has 1 aliphatic rings. The molecule has 1 saturated heterocycles. The zero-order valence-electron chi connectivity index (χ0n) is 23.9. The minimum Gasteiger partial charge on any atom is -0.506 e. The van der Waals surface area contributed by atoms with Gasteiger partial charge in [0, 0.05) is 30.2 Å². The molecule has 3 amide bonds. The van der Waals surface area contributed by atoms with Crippen molar-refractivity contribution in [3.05, 3.63) is 94.0 Å². The summed E-state index contributed by atoms with van der Waals surface area (Å²) in [6.45, 7) is 5.27. The van der Waals surface area contributed by atoms with E-state index in [9.17, 15) is 24.9 Å². The molecule has 1 aliphatic heterocycles. The van der Waals surface area contributed by atoms with Crippen LogP contribution < -0.4 is 16.4 Å². The number of aromatic hydroxyl groups is 1. The summed E-state index contributed by atoms with van der Waals surface area (Å²) >= 11 is 5.99. The molecule has 1 atom stereocenters. The van der Waals surface area contributed by atoms with Gasteiger partial charge in [0.25, 0.3) is 0 Å². The lowest BCUT2D eigenvalue weighted by Gasteiger charge is -2.38. The Morgan fingerprint density at radius 3 is 2.38 bits per heavy atom. The standard InChI is InChI=1S/C32H39ClN4O5/c1-31(2,35-20-28(39)23-6-11-27(38)26(18-23)36-30(34)41)19-22-5-3-4-21(16-22)17-29(40)37-14-12-32(42,13-15-37)24-7-9-25(33)10-8-24/h3-11,16,18,28,35,38-39,42H,12-15,17,19-20H2,1-2H3,(H3,34,36,41). The van der Waals surface area contributed by atoms with Crippen LogP contribution in [0.2, 0.25) is 5.02 Å². The molecule has 3 aromatic rings. The number of aliphatic hydroxyl groups excluding tert-OH is 1. The van der Waals surface area contributed by atoms with Gasteiger partial charge in [-0.15, -0.1) is 0 Å². The van der Waals surface area contributed by atoms with Crippen LogP contribution in [-0.2, 0) is 23.2 Å². The van der Waals surface area contributed by atoms with Gasteiger partial charge in [-0.2, -0.15) is 0 Å². The van der Waals surface area contributed by atoms with E-state index in [0.717, 1.165) is 16.7 Å². The third kappa shape index (κ3) is 8.23. The van der Waals surface area contributed by atoms with Gasteiger partial charge >= 0.3 is 6.03 Å². The Balaban J connectivity index is 1.30. The van der Waals surface area contributed by atoms with Crippen molar-refractivity contribution in [3.63, 3.8) is 0 Å². The molecule has 0 radical (unpaired) electrons. The molecule has 1 unspecified atom stereocenters. The van der Waals surface area contributed by atoms with Gasteiger partial charge in [-0.05, 0) is 79.6 Å². The Morgan fingerprint density at radius 1 is 1.05 bits per heavy atom. The summed E-state index contributed by atoms with van der Waals surface area (Å²) in [5, 5.41) is 38.1. The topological polar surface area (TPSA) is 148 Å². The molecule has 1 fully saturated rings. The fraction of sp³-hybridized carbons (Fsp3) is 0.375. The number of nitrogens with one attached hydrogen (secondary N) is 2. The fourth-order valence-corrected chi connectivity index (χ4v) is 5.49. The summed E-state index contributed by atoms with van der Waals surface area (Å²) in [5.41, 5.74) is 7.26. The number of primary amides is 1. The highest BCUT2D eigenvalue weighted by Gasteiger charge is 2.35. The first-order valence-corrected chi connectivity index (χ1v) is 14.4. The van der Waals surface area contributed by atoms with Gasteiger partial charge in [-0.1, -0.05) is 54.1 Å². The Kier molecular flexibility index (Phi) is 9.78. The number of carbonyl (C=O) groups is 2. The number of piperidine rings is 1. The first-order chi connectivity index (χ1) is 19.8. The van der Waals surface area contributed by atoms with Crippen molar-refractivity contribution < 1.29 is 24.9 Å². The number of β-amino-alcohol motifs (C(OH)–C–C–N with tert-alkyl or cyclic N) is 1. The van der Waals surface area contributed by atoms with Crippen molar-refractivity contribution >= 4 is 29.2 Å². The Morgan fingerprint density at radius 2 is 1.71 bits per heavy atom. The van der Waals surface area contributed by atoms with Gasteiger partial charge in [0.1, 0.15) is 5.75 Å². The largest absolute Gasteiger partial charge is 0.506 e. The molecule has 0 saturated carbocycles. The predicted molar refractivity (Wildman–Crippen MR) is 163 cm³/mol. The molecule has 1 heterocycles. The maximum absolute atomic E-state index is 13.1. The van der Waals surface area contributed by atoms with Crippen LogP contribution >= 0.6 is 11.6 Å². The van der Waals surface area contributed by atoms with E-state index < -0.39 is 17.7 Å². The van der Waals surface area contributed by atoms with Gasteiger partial charge in [0.05, 0.1) is 23.8 Å². The van der Waals surface area contributed by atoms with Gasteiger partial charge < -0.3 is 36.6 Å². The quantitative estimate of drug-likeness (QED) is 0.194. The number of hydrogen-bond donors (Lipinski definition) is 6. The van der Waals surface area contributed by atoms with E-state index in [0.29, 0.717) is 42.9 Å². The number of carbonyl (C=O) groups excluding carboxylic acids is 2. The third-order valence-electron chi connectivity index (χ3n) is 7.75. The zero-order valence-corrected chi connectivity index (χ0v) is 24.7. The molecular formula is C32H39ClN4O5. The van der Waals surface area contributed by atoms with Crippen LogP contribution in [0.25, 0.3) is 0 Å². The van der Waals surface area contributed by atoms with Gasteiger partial charge in [0.15, 0.2) is 0 Å². The Labute approximate surface area is 251 Å². The van der Waals surface area contributed by atoms with Crippen molar-refractivity contribution in [1.29, 1.82) is 0 Å². The molecule has 42 heavy (non-hydrogen) atoms. The molecule has 0 aromatic heterocycles. The normalized spacial score (nSPS) is 15.7. The number of halogens is 1. The van der Waals surface area contributed by atoms with Gasteiger partial charge in [-0.25, -0.2) is 4.79 Å². The van der Waals surface area contributed by atoms with Crippen molar-refractivity contribution in [2.24, 2.45) is 5.73 Å². The second-order valence-electron chi connectivity index (χ2n) is 11.6. The van der Waals surface area contributed by atoms with Crippen molar-refractivity contribution in [3.8, 4) is 5.75 Å². The van der Waals surface area contributed by atoms with Crippen LogP contribution in [0.4, 0.5) is 10.5 Å². The maximum atomic E-state index is 13.1. The van der Waals surface area contributed by atoms with Crippen molar-refractivity contribution in [1.82, 2.24) is 10.2 Å². The highest BCUT2D eigenvalue weighted by atomic mass is 35.5. The lowest BCUT2D eigenvalue weighted by Crippen LogP contribution is -2.45.